The third-order valence-corrected chi connectivity index (χ3v) is 8.28. The summed E-state index contributed by atoms with van der Waals surface area (Å²) >= 11 is 4.60. The van der Waals surface area contributed by atoms with Crippen molar-refractivity contribution in [1.82, 2.24) is 19.9 Å². The minimum Gasteiger partial charge on any atom is -0.496 e. The number of aromatic nitrogens is 4. The first-order valence-corrected chi connectivity index (χ1v) is 17.6. The summed E-state index contributed by atoms with van der Waals surface area (Å²) in [4.78, 5) is 38.4. The number of nitrogens with two attached hydrogens (primary N) is 1. The highest BCUT2D eigenvalue weighted by atomic mass is 35.5. The van der Waals surface area contributed by atoms with Crippen LogP contribution in [0.3, 0.4) is 0 Å². The zero-order valence-electron chi connectivity index (χ0n) is 32.3. The van der Waals surface area contributed by atoms with Gasteiger partial charge in [0.15, 0.2) is 0 Å². The summed E-state index contributed by atoms with van der Waals surface area (Å²) in [6.45, 7) is 0. The molecule has 0 bridgehead atoms. The molecule has 0 atom stereocenters. The van der Waals surface area contributed by atoms with E-state index >= 15 is 0 Å². The number of amides is 1. The van der Waals surface area contributed by atoms with E-state index in [1.54, 1.807) is 40.8 Å². The number of rotatable bonds is 11. The predicted octanol–water partition coefficient (Wildman–Crippen LogP) is 8.26. The van der Waals surface area contributed by atoms with Gasteiger partial charge < -0.3 is 34.2 Å². The maximum absolute atomic E-state index is 11.6. The Labute approximate surface area is 335 Å². The standard InChI is InChI=1S/C21H21N3O4.C19H19N3O2.C2H3ClO2/c1-26-19-7-5-4-6-16(19)17-12-15(22-13-23-17)10-14-8-9-20(27-2)18(11-14)24-21(25)28-3;1-23-18-6-4-3-5-15(18)17-11-14(21-12-22-17)9-13-7-8-19(24-2)16(20)10-13;1-5-2(3)4/h4-9,11-13H,10H2,1-3H3,(H,24,25);3-8,10-12H,9,20H2,1-2H3;1H3. The largest absolute Gasteiger partial charge is 0.496 e. The number of anilines is 2. The van der Waals surface area contributed by atoms with Gasteiger partial charge in [-0.15, -0.1) is 0 Å². The Bertz CT molecular complexity index is 2260. The highest BCUT2D eigenvalue weighted by molar-refractivity contribution is 6.61. The number of hydrogen-bond donors (Lipinski definition) is 2. The van der Waals surface area contributed by atoms with Crippen LogP contribution in [0.5, 0.6) is 23.0 Å². The Balaban J connectivity index is 0.000000228. The Morgan fingerprint density at radius 1 is 0.579 bits per heavy atom. The monoisotopic (exact) mass is 794 g/mol. The summed E-state index contributed by atoms with van der Waals surface area (Å²) in [6.07, 6.45) is 3.78. The molecule has 0 aliphatic rings. The summed E-state index contributed by atoms with van der Waals surface area (Å²) < 4.78 is 29.8. The molecule has 6 rings (SSSR count). The molecule has 0 saturated heterocycles. The van der Waals surface area contributed by atoms with Crippen molar-refractivity contribution in [3.63, 3.8) is 0 Å². The van der Waals surface area contributed by atoms with Crippen molar-refractivity contribution in [2.75, 3.05) is 53.7 Å². The fraction of sp³-hybridized carbons (Fsp3) is 0.190. The van der Waals surface area contributed by atoms with Crippen LogP contribution in [0.2, 0.25) is 0 Å². The SMILES string of the molecule is COC(=O)Cl.COC(=O)Nc1cc(Cc2cc(-c3ccccc3OC)ncn2)ccc1OC.COc1ccc(Cc2cc(-c3ccccc3OC)ncn2)cc1N. The maximum Gasteiger partial charge on any atom is 0.411 e. The second-order valence-corrected chi connectivity index (χ2v) is 12.0. The smallest absolute Gasteiger partial charge is 0.411 e. The first-order chi connectivity index (χ1) is 27.6. The van der Waals surface area contributed by atoms with Crippen LogP contribution in [0.15, 0.2) is 110 Å². The zero-order valence-corrected chi connectivity index (χ0v) is 33.1. The van der Waals surface area contributed by atoms with Gasteiger partial charge >= 0.3 is 11.5 Å². The Hall–Kier alpha value is -6.93. The lowest BCUT2D eigenvalue weighted by Crippen LogP contribution is -2.12. The maximum atomic E-state index is 11.6. The number of hydrogen-bond acceptors (Lipinski definition) is 13. The lowest BCUT2D eigenvalue weighted by atomic mass is 10.1. The summed E-state index contributed by atoms with van der Waals surface area (Å²) in [7, 11) is 8.97. The molecule has 0 spiro atoms. The van der Waals surface area contributed by atoms with E-state index in [2.05, 4.69) is 46.3 Å². The summed E-state index contributed by atoms with van der Waals surface area (Å²) in [5, 5.41) is 2.65. The van der Waals surface area contributed by atoms with Crippen LogP contribution >= 0.6 is 11.6 Å². The number of para-hydroxylation sites is 2. The molecule has 15 heteroatoms. The second kappa shape index (κ2) is 21.8. The predicted molar refractivity (Wildman–Crippen MR) is 218 cm³/mol. The molecule has 0 aliphatic heterocycles. The summed E-state index contributed by atoms with van der Waals surface area (Å²) in [6, 6.07) is 30.7. The van der Waals surface area contributed by atoms with Crippen LogP contribution in [-0.4, -0.2) is 74.1 Å². The van der Waals surface area contributed by atoms with E-state index in [-0.39, 0.29) is 0 Å². The number of benzene rings is 4. The number of nitrogen functional groups attached to an aromatic ring is 1. The van der Waals surface area contributed by atoms with E-state index in [0.29, 0.717) is 35.7 Å². The molecule has 2 aromatic heterocycles. The molecule has 2 heterocycles. The van der Waals surface area contributed by atoms with Gasteiger partial charge in [0.25, 0.3) is 0 Å². The Kier molecular flexibility index (Phi) is 16.4. The molecule has 296 valence electrons. The van der Waals surface area contributed by atoms with Crippen molar-refractivity contribution in [3.05, 3.63) is 132 Å². The summed E-state index contributed by atoms with van der Waals surface area (Å²) in [5.74, 6) is 2.76. The van der Waals surface area contributed by atoms with Gasteiger partial charge in [0.2, 0.25) is 0 Å². The van der Waals surface area contributed by atoms with Crippen LogP contribution in [0.1, 0.15) is 22.5 Å². The molecule has 3 N–H and O–H groups in total. The van der Waals surface area contributed by atoms with E-state index in [9.17, 15) is 9.59 Å². The van der Waals surface area contributed by atoms with Crippen LogP contribution in [0.25, 0.3) is 22.5 Å². The first-order valence-electron chi connectivity index (χ1n) is 17.2. The van der Waals surface area contributed by atoms with Crippen molar-refractivity contribution >= 4 is 34.5 Å². The Morgan fingerprint density at radius 2 is 1.04 bits per heavy atom. The molecule has 57 heavy (non-hydrogen) atoms. The zero-order chi connectivity index (χ0) is 41.2. The molecule has 0 radical (unpaired) electrons. The molecule has 0 fully saturated rings. The topological polar surface area (TPSA) is 179 Å². The van der Waals surface area contributed by atoms with Gasteiger partial charge in [-0.2, -0.15) is 0 Å². The molecular formula is C42H43ClN6O8. The quantitative estimate of drug-likeness (QED) is 0.0947. The average Bonchev–Trinajstić information content (AvgIpc) is 3.24. The van der Waals surface area contributed by atoms with Gasteiger partial charge in [0, 0.05) is 47.0 Å². The normalized spacial score (nSPS) is 10.0. The number of carbonyl (C=O) groups is 2. The number of carbonyl (C=O) groups excluding carboxylic acids is 2. The fourth-order valence-corrected chi connectivity index (χ4v) is 5.43. The lowest BCUT2D eigenvalue weighted by Gasteiger charge is -2.12. The lowest BCUT2D eigenvalue weighted by molar-refractivity contribution is 0.186. The number of nitrogens with one attached hydrogen (secondary N) is 1. The molecule has 0 saturated carbocycles. The summed E-state index contributed by atoms with van der Waals surface area (Å²) in [5.41, 5.74) is 13.6. The van der Waals surface area contributed by atoms with Gasteiger partial charge in [0.1, 0.15) is 35.7 Å². The highest BCUT2D eigenvalue weighted by Gasteiger charge is 2.12. The van der Waals surface area contributed by atoms with Gasteiger partial charge in [-0.1, -0.05) is 36.4 Å². The second-order valence-electron chi connectivity index (χ2n) is 11.7. The van der Waals surface area contributed by atoms with E-state index < -0.39 is 11.5 Å². The van der Waals surface area contributed by atoms with Crippen LogP contribution in [0, 0.1) is 0 Å². The van der Waals surface area contributed by atoms with Crippen molar-refractivity contribution in [3.8, 4) is 45.5 Å². The van der Waals surface area contributed by atoms with Crippen LogP contribution in [0.4, 0.5) is 21.0 Å². The number of methoxy groups -OCH3 is 6. The van der Waals surface area contributed by atoms with Gasteiger partial charge in [0.05, 0.1) is 65.4 Å². The van der Waals surface area contributed by atoms with E-state index in [1.165, 1.54) is 20.5 Å². The average molecular weight is 795 g/mol. The van der Waals surface area contributed by atoms with E-state index in [0.717, 1.165) is 56.5 Å². The van der Waals surface area contributed by atoms with E-state index in [1.807, 2.05) is 91.0 Å². The molecule has 1 amide bonds. The molecule has 0 aliphatic carbocycles. The van der Waals surface area contributed by atoms with Crippen LogP contribution in [-0.2, 0) is 22.3 Å². The number of nitrogens with zero attached hydrogens (tertiary/aromatic N) is 4. The molecule has 6 aromatic rings. The number of ether oxygens (including phenoxy) is 6. The molecule has 4 aromatic carbocycles. The Morgan fingerprint density at radius 3 is 1.47 bits per heavy atom. The molecule has 14 nitrogen and oxygen atoms in total. The highest BCUT2D eigenvalue weighted by Crippen LogP contribution is 2.31. The van der Waals surface area contributed by atoms with Gasteiger partial charge in [-0.25, -0.2) is 29.5 Å². The van der Waals surface area contributed by atoms with Crippen molar-refractivity contribution in [2.24, 2.45) is 0 Å². The fourth-order valence-electron chi connectivity index (χ4n) is 5.43. The third kappa shape index (κ3) is 12.6. The van der Waals surface area contributed by atoms with E-state index in [4.69, 9.17) is 24.7 Å². The van der Waals surface area contributed by atoms with Crippen molar-refractivity contribution < 1.29 is 38.0 Å². The van der Waals surface area contributed by atoms with Gasteiger partial charge in [-0.05, 0) is 71.8 Å². The van der Waals surface area contributed by atoms with Crippen molar-refractivity contribution in [1.29, 1.82) is 0 Å². The third-order valence-electron chi connectivity index (χ3n) is 8.12. The molecular weight excluding hydrogens is 752 g/mol. The number of halogens is 1. The minimum atomic E-state index is -0.773. The van der Waals surface area contributed by atoms with Gasteiger partial charge in [-0.3, -0.25) is 5.32 Å². The van der Waals surface area contributed by atoms with Crippen LogP contribution < -0.4 is 30.0 Å². The first kappa shape index (κ1) is 42.8. The molecule has 0 unspecified atom stereocenters. The minimum absolute atomic E-state index is 0.533. The van der Waals surface area contributed by atoms with Crippen molar-refractivity contribution in [2.45, 2.75) is 12.8 Å².